The molecule has 0 fully saturated rings. The Morgan fingerprint density at radius 2 is 1.04 bits per heavy atom. The molecule has 1 unspecified atom stereocenters. The highest BCUT2D eigenvalue weighted by atomic mass is 19.2. The van der Waals surface area contributed by atoms with Crippen LogP contribution in [0, 0.1) is 0 Å². The van der Waals surface area contributed by atoms with Crippen molar-refractivity contribution in [3.8, 4) is 44.5 Å². The van der Waals surface area contributed by atoms with Gasteiger partial charge in [0.15, 0.2) is 0 Å². The van der Waals surface area contributed by atoms with Gasteiger partial charge in [-0.3, -0.25) is 18.5 Å². The highest BCUT2D eigenvalue weighted by Gasteiger charge is 2.25. The summed E-state index contributed by atoms with van der Waals surface area (Å²) < 4.78 is 26.2. The first-order valence-corrected chi connectivity index (χ1v) is 16.6. The SMILES string of the molecule is CC1=CC(C)=NC1/C(=C(C)/C(C)=C\C(C)=N\B(F)F)c1cc(-c2ccc(-c3ccccc3)cc2)cc(-c2ccc(-c3ccccc3)cc2)c1. The molecule has 6 rings (SSSR count). The lowest BCUT2D eigenvalue weighted by atomic mass is 9.85. The van der Waals surface area contributed by atoms with E-state index in [4.69, 9.17) is 4.99 Å². The van der Waals surface area contributed by atoms with E-state index in [-0.39, 0.29) is 11.8 Å². The van der Waals surface area contributed by atoms with E-state index in [9.17, 15) is 8.63 Å². The van der Waals surface area contributed by atoms with Crippen LogP contribution < -0.4 is 0 Å². The average Bonchev–Trinajstić information content (AvgIpc) is 3.45. The quantitative estimate of drug-likeness (QED) is 0.0867. The predicted molar refractivity (Wildman–Crippen MR) is 206 cm³/mol. The molecular formula is C44H39BF2N2. The lowest BCUT2D eigenvalue weighted by Crippen LogP contribution is -2.10. The Hall–Kier alpha value is -5.42. The van der Waals surface area contributed by atoms with Crippen LogP contribution in [0.25, 0.3) is 50.1 Å². The van der Waals surface area contributed by atoms with Gasteiger partial charge in [-0.2, -0.15) is 0 Å². The monoisotopic (exact) mass is 644 g/mol. The van der Waals surface area contributed by atoms with Crippen molar-refractivity contribution in [3.05, 3.63) is 162 Å². The standard InChI is InChI=1S/C44H39BF2N2/c1-29(24-32(4)49-45(46)47)33(5)43(44-30(2)25-31(3)48-44)42-27-40(38-20-16-36(17-21-38)34-12-8-6-9-13-34)26-41(28-42)39-22-18-37(19-23-39)35-14-10-7-11-15-35/h6-28,44H,1-5H3/b29-24-,43-33+,49-32+. The van der Waals surface area contributed by atoms with E-state index >= 15 is 0 Å². The van der Waals surface area contributed by atoms with Crippen molar-refractivity contribution < 1.29 is 8.63 Å². The first-order chi connectivity index (χ1) is 23.7. The van der Waals surface area contributed by atoms with Crippen LogP contribution in [0.15, 0.2) is 166 Å². The maximum absolute atomic E-state index is 13.1. The Morgan fingerprint density at radius 3 is 1.45 bits per heavy atom. The molecule has 0 amide bonds. The first-order valence-electron chi connectivity index (χ1n) is 16.6. The van der Waals surface area contributed by atoms with Gasteiger partial charge in [0.25, 0.3) is 0 Å². The van der Waals surface area contributed by atoms with Gasteiger partial charge in [0, 0.05) is 11.4 Å². The second kappa shape index (κ2) is 14.8. The molecule has 1 atom stereocenters. The third kappa shape index (κ3) is 7.84. The van der Waals surface area contributed by atoms with Crippen molar-refractivity contribution in [1.82, 2.24) is 0 Å². The Labute approximate surface area is 289 Å². The molecule has 0 bridgehead atoms. The van der Waals surface area contributed by atoms with E-state index in [2.05, 4.69) is 140 Å². The molecular weight excluding hydrogens is 605 g/mol. The highest BCUT2D eigenvalue weighted by molar-refractivity contribution is 6.43. The van der Waals surface area contributed by atoms with Gasteiger partial charge in [-0.1, -0.05) is 109 Å². The molecule has 0 aliphatic carbocycles. The van der Waals surface area contributed by atoms with E-state index in [1.807, 2.05) is 26.0 Å². The van der Waals surface area contributed by atoms with Crippen molar-refractivity contribution in [3.63, 3.8) is 0 Å². The summed E-state index contributed by atoms with van der Waals surface area (Å²) in [6, 6.07) is 44.7. The molecule has 0 saturated carbocycles. The van der Waals surface area contributed by atoms with Crippen molar-refractivity contribution in [1.29, 1.82) is 0 Å². The highest BCUT2D eigenvalue weighted by Crippen LogP contribution is 2.39. The van der Waals surface area contributed by atoms with Gasteiger partial charge in [0.05, 0.1) is 6.04 Å². The van der Waals surface area contributed by atoms with Crippen LogP contribution in [0.2, 0.25) is 0 Å². The Morgan fingerprint density at radius 1 is 0.612 bits per heavy atom. The Bertz CT molecular complexity index is 2010. The molecule has 5 aromatic rings. The van der Waals surface area contributed by atoms with Crippen molar-refractivity contribution >= 4 is 24.4 Å². The van der Waals surface area contributed by atoms with Gasteiger partial charge in [-0.25, -0.2) is 0 Å². The van der Waals surface area contributed by atoms with Crippen LogP contribution in [0.1, 0.15) is 40.2 Å². The zero-order chi connectivity index (χ0) is 34.5. The molecule has 2 nitrogen and oxygen atoms in total. The molecule has 0 radical (unpaired) electrons. The molecule has 1 aliphatic rings. The summed E-state index contributed by atoms with van der Waals surface area (Å²) in [5.74, 6) is 0. The zero-order valence-corrected chi connectivity index (χ0v) is 28.6. The molecule has 1 heterocycles. The number of rotatable bonds is 9. The molecule has 5 heteroatoms. The minimum absolute atomic E-state index is 0.195. The molecule has 0 aromatic heterocycles. The van der Waals surface area contributed by atoms with E-state index in [1.54, 1.807) is 13.0 Å². The van der Waals surface area contributed by atoms with E-state index in [0.29, 0.717) is 0 Å². The third-order valence-corrected chi connectivity index (χ3v) is 9.09. The summed E-state index contributed by atoms with van der Waals surface area (Å²) >= 11 is 0. The topological polar surface area (TPSA) is 24.7 Å². The van der Waals surface area contributed by atoms with Gasteiger partial charge in [0.2, 0.25) is 0 Å². The molecule has 5 aromatic carbocycles. The summed E-state index contributed by atoms with van der Waals surface area (Å²) in [5.41, 5.74) is 15.4. The fraction of sp³-hybridized carbons (Fsp3) is 0.136. The van der Waals surface area contributed by atoms with E-state index in [0.717, 1.165) is 66.9 Å². The molecule has 0 N–H and O–H groups in total. The van der Waals surface area contributed by atoms with E-state index < -0.39 is 7.40 Å². The average molecular weight is 645 g/mol. The van der Waals surface area contributed by atoms with Crippen LogP contribution in [0.5, 0.6) is 0 Å². The predicted octanol–water partition coefficient (Wildman–Crippen LogP) is 12.2. The van der Waals surface area contributed by atoms with Gasteiger partial charge in [0.1, 0.15) is 0 Å². The molecule has 1 aliphatic heterocycles. The van der Waals surface area contributed by atoms with Crippen LogP contribution in [-0.2, 0) is 0 Å². The maximum atomic E-state index is 13.1. The second-order valence-electron chi connectivity index (χ2n) is 12.7. The smallest absolute Gasteiger partial charge is 0.277 e. The molecule has 242 valence electrons. The van der Waals surface area contributed by atoms with Crippen LogP contribution in [-0.4, -0.2) is 24.9 Å². The number of halogens is 2. The fourth-order valence-electron chi connectivity index (χ4n) is 6.54. The summed E-state index contributed by atoms with van der Waals surface area (Å²) in [6.07, 6.45) is 3.86. The lowest BCUT2D eigenvalue weighted by molar-refractivity contribution is 0.662. The number of benzene rings is 5. The minimum Gasteiger partial charge on any atom is -0.277 e. The van der Waals surface area contributed by atoms with Crippen LogP contribution in [0.4, 0.5) is 8.63 Å². The molecule has 49 heavy (non-hydrogen) atoms. The maximum Gasteiger partial charge on any atom is 0.692 e. The van der Waals surface area contributed by atoms with Gasteiger partial charge < -0.3 is 0 Å². The van der Waals surface area contributed by atoms with Crippen LogP contribution in [0.3, 0.4) is 0 Å². The number of hydrogen-bond donors (Lipinski definition) is 0. The zero-order valence-electron chi connectivity index (χ0n) is 28.6. The van der Waals surface area contributed by atoms with Crippen molar-refractivity contribution in [2.45, 2.75) is 40.7 Å². The largest absolute Gasteiger partial charge is 0.692 e. The second-order valence-corrected chi connectivity index (χ2v) is 12.7. The number of nitrogens with zero attached hydrogens (tertiary/aromatic N) is 2. The van der Waals surface area contributed by atoms with Crippen molar-refractivity contribution in [2.24, 2.45) is 9.90 Å². The van der Waals surface area contributed by atoms with Crippen LogP contribution >= 0.6 is 0 Å². The summed E-state index contributed by atoms with van der Waals surface area (Å²) in [6.45, 7) is 9.75. The molecule has 0 saturated heterocycles. The lowest BCUT2D eigenvalue weighted by Gasteiger charge is -2.22. The fourth-order valence-corrected chi connectivity index (χ4v) is 6.54. The summed E-state index contributed by atoms with van der Waals surface area (Å²) in [5, 5.41) is 0. The third-order valence-electron chi connectivity index (χ3n) is 9.09. The normalized spacial score (nSPS) is 15.4. The summed E-state index contributed by atoms with van der Waals surface area (Å²) in [7, 11) is -2.75. The van der Waals surface area contributed by atoms with Gasteiger partial charge in [-0.15, -0.1) is 0 Å². The van der Waals surface area contributed by atoms with Gasteiger partial charge >= 0.3 is 7.40 Å². The van der Waals surface area contributed by atoms with E-state index in [1.165, 1.54) is 11.1 Å². The Kier molecular flexibility index (Phi) is 10.1. The molecule has 0 spiro atoms. The number of allylic oxidation sites excluding steroid dienone is 4. The Balaban J connectivity index is 1.53. The number of hydrogen-bond acceptors (Lipinski definition) is 2. The minimum atomic E-state index is -2.75. The summed E-state index contributed by atoms with van der Waals surface area (Å²) in [4.78, 5) is 8.53. The van der Waals surface area contributed by atoms with Gasteiger partial charge in [-0.05, 0) is 137 Å². The first kappa shape index (κ1) is 33.5. The van der Waals surface area contributed by atoms with Crippen molar-refractivity contribution in [2.75, 3.05) is 0 Å². The number of aliphatic imine (C=N–C) groups is 1.